The van der Waals surface area contributed by atoms with Crippen molar-refractivity contribution in [3.05, 3.63) is 0 Å². The van der Waals surface area contributed by atoms with Crippen molar-refractivity contribution in [2.75, 3.05) is 32.0 Å². The van der Waals surface area contributed by atoms with Crippen molar-refractivity contribution in [1.82, 2.24) is 10.2 Å². The Morgan fingerprint density at radius 3 is 2.95 bits per heavy atom. The molecule has 0 aromatic rings. The van der Waals surface area contributed by atoms with E-state index >= 15 is 0 Å². The lowest BCUT2D eigenvalue weighted by molar-refractivity contribution is -0.0504. The van der Waals surface area contributed by atoms with Gasteiger partial charge in [-0.25, -0.2) is 0 Å². The molecule has 2 atom stereocenters. The number of nitrogens with zero attached hydrogens (tertiary/aromatic N) is 1. The summed E-state index contributed by atoms with van der Waals surface area (Å²) < 4.78 is 5.63. The van der Waals surface area contributed by atoms with Gasteiger partial charge in [0, 0.05) is 30.6 Å². The summed E-state index contributed by atoms with van der Waals surface area (Å²) in [6, 6.07) is 0. The van der Waals surface area contributed by atoms with Gasteiger partial charge in [-0.05, 0) is 19.3 Å². The Hall–Kier alpha value is 0.440. The molecule has 116 valence electrons. The number of amides is 1. The van der Waals surface area contributed by atoms with Gasteiger partial charge in [-0.15, -0.1) is 0 Å². The molecule has 0 aromatic heterocycles. The molecule has 0 aromatic carbocycles. The largest absolute Gasteiger partial charge is 0.356 e. The summed E-state index contributed by atoms with van der Waals surface area (Å²) in [6.07, 6.45) is 6.01. The quantitative estimate of drug-likeness (QED) is 0.425. The van der Waals surface area contributed by atoms with Crippen LogP contribution in [0.3, 0.4) is 0 Å². The molecule has 4 nitrogen and oxygen atoms in total. The van der Waals surface area contributed by atoms with Crippen LogP contribution >= 0.6 is 34.2 Å². The van der Waals surface area contributed by atoms with Gasteiger partial charge in [0.05, 0.1) is 6.61 Å². The van der Waals surface area contributed by atoms with Crippen LogP contribution in [0.1, 0.15) is 32.1 Å². The molecule has 0 aliphatic carbocycles. The zero-order chi connectivity index (χ0) is 14.2. The molecule has 0 bridgehead atoms. The van der Waals surface area contributed by atoms with E-state index in [0.29, 0.717) is 13.2 Å². The molecule has 2 heterocycles. The highest BCUT2D eigenvalue weighted by Crippen LogP contribution is 2.39. The first-order valence-corrected chi connectivity index (χ1v) is 10.2. The van der Waals surface area contributed by atoms with Crippen molar-refractivity contribution in [1.29, 1.82) is 0 Å². The first kappa shape index (κ1) is 16.8. The lowest BCUT2D eigenvalue weighted by atomic mass is 10.1. The molecule has 2 unspecified atom stereocenters. The number of ether oxygens (including phenoxy) is 1. The van der Waals surface area contributed by atoms with E-state index < -0.39 is 0 Å². The third-order valence-corrected chi connectivity index (χ3v) is 6.92. The average Bonchev–Trinajstić information content (AvgIpc) is 2.96. The van der Waals surface area contributed by atoms with Gasteiger partial charge in [-0.3, -0.25) is 4.79 Å². The van der Waals surface area contributed by atoms with E-state index in [-0.39, 0.29) is 11.5 Å². The van der Waals surface area contributed by atoms with Crippen LogP contribution in [-0.4, -0.2) is 53.6 Å². The van der Waals surface area contributed by atoms with Gasteiger partial charge in [0.25, 0.3) is 5.24 Å². The number of rotatable bonds is 7. The van der Waals surface area contributed by atoms with Crippen LogP contribution in [0.25, 0.3) is 0 Å². The van der Waals surface area contributed by atoms with E-state index in [4.69, 9.17) is 4.74 Å². The zero-order valence-corrected chi connectivity index (χ0v) is 14.3. The van der Waals surface area contributed by atoms with Gasteiger partial charge in [-0.1, -0.05) is 47.1 Å². The van der Waals surface area contributed by atoms with Crippen LogP contribution in [0.15, 0.2) is 0 Å². The minimum absolute atomic E-state index is 0.143. The van der Waals surface area contributed by atoms with Gasteiger partial charge in [0.15, 0.2) is 0 Å². The van der Waals surface area contributed by atoms with Gasteiger partial charge in [0.2, 0.25) is 0 Å². The lowest BCUT2D eigenvalue weighted by Gasteiger charge is -2.33. The van der Waals surface area contributed by atoms with Crippen LogP contribution in [0.2, 0.25) is 0 Å². The molecule has 1 N–H and O–H groups in total. The molecule has 2 fully saturated rings. The van der Waals surface area contributed by atoms with E-state index in [9.17, 15) is 4.79 Å². The number of hydrogen-bond donors (Lipinski definition) is 2. The maximum absolute atomic E-state index is 11.6. The van der Waals surface area contributed by atoms with E-state index in [0.717, 1.165) is 24.8 Å². The van der Waals surface area contributed by atoms with Crippen LogP contribution in [0, 0.1) is 0 Å². The van der Waals surface area contributed by atoms with Crippen molar-refractivity contribution in [3.8, 4) is 0 Å². The van der Waals surface area contributed by atoms with Gasteiger partial charge in [0.1, 0.15) is 6.23 Å². The summed E-state index contributed by atoms with van der Waals surface area (Å²) >= 11 is 3.97. The summed E-state index contributed by atoms with van der Waals surface area (Å²) in [6.45, 7) is 2.99. The second-order valence-electron chi connectivity index (χ2n) is 5.18. The van der Waals surface area contributed by atoms with Crippen molar-refractivity contribution >= 4 is 39.5 Å². The van der Waals surface area contributed by atoms with E-state index in [1.54, 1.807) is 4.90 Å². The van der Waals surface area contributed by atoms with E-state index in [1.165, 1.54) is 31.4 Å². The topological polar surface area (TPSA) is 41.6 Å². The number of unbranched alkanes of at least 4 members (excludes halogenated alkanes) is 2. The molecular weight excluding hydrogens is 312 g/mol. The van der Waals surface area contributed by atoms with E-state index in [2.05, 4.69) is 17.9 Å². The standard InChI is InChI=1S/C13H24N2O2S3/c16-13(18)15(12-10-14-6-8-17-12)7-3-1-2-4-11-5-9-19-20-11/h11-12,14H,1-10H2,(H,16,18). The molecule has 0 spiro atoms. The minimum atomic E-state index is -0.179. The summed E-state index contributed by atoms with van der Waals surface area (Å²) in [5, 5.41) is 3.93. The number of thiol groups is 1. The molecule has 2 aliphatic heterocycles. The Labute approximate surface area is 134 Å². The van der Waals surface area contributed by atoms with Crippen molar-refractivity contribution < 1.29 is 9.53 Å². The highest BCUT2D eigenvalue weighted by atomic mass is 33.1. The highest BCUT2D eigenvalue weighted by molar-refractivity contribution is 8.77. The smallest absolute Gasteiger partial charge is 0.280 e. The Kier molecular flexibility index (Phi) is 7.94. The molecule has 1 amide bonds. The summed E-state index contributed by atoms with van der Waals surface area (Å²) in [7, 11) is 4.05. The van der Waals surface area contributed by atoms with E-state index in [1.807, 2.05) is 21.6 Å². The normalized spacial score (nSPS) is 26.6. The Bertz CT molecular complexity index is 295. The molecule has 20 heavy (non-hydrogen) atoms. The molecule has 2 rings (SSSR count). The van der Waals surface area contributed by atoms with Crippen LogP contribution in [-0.2, 0) is 4.74 Å². The maximum Gasteiger partial charge on any atom is 0.280 e. The van der Waals surface area contributed by atoms with Gasteiger partial charge in [-0.2, -0.15) is 0 Å². The second-order valence-corrected chi connectivity index (χ2v) is 8.35. The molecule has 0 saturated carbocycles. The third-order valence-electron chi connectivity index (χ3n) is 3.65. The Balaban J connectivity index is 1.60. The number of morpholine rings is 1. The highest BCUT2D eigenvalue weighted by Gasteiger charge is 2.23. The van der Waals surface area contributed by atoms with Crippen molar-refractivity contribution in [3.63, 3.8) is 0 Å². The number of nitrogens with one attached hydrogen (secondary N) is 1. The minimum Gasteiger partial charge on any atom is -0.356 e. The predicted molar refractivity (Wildman–Crippen MR) is 90.6 cm³/mol. The monoisotopic (exact) mass is 336 g/mol. The summed E-state index contributed by atoms with van der Waals surface area (Å²) in [4.78, 5) is 13.3. The van der Waals surface area contributed by atoms with Crippen molar-refractivity contribution in [2.45, 2.75) is 43.6 Å². The molecular formula is C13H24N2O2S3. The van der Waals surface area contributed by atoms with Crippen LogP contribution in [0.5, 0.6) is 0 Å². The summed E-state index contributed by atoms with van der Waals surface area (Å²) in [5.74, 6) is 1.31. The first-order valence-electron chi connectivity index (χ1n) is 7.37. The Morgan fingerprint density at radius 1 is 1.40 bits per heavy atom. The summed E-state index contributed by atoms with van der Waals surface area (Å²) in [5.41, 5.74) is 0. The third kappa shape index (κ3) is 5.67. The molecule has 0 radical (unpaired) electrons. The van der Waals surface area contributed by atoms with Gasteiger partial charge >= 0.3 is 0 Å². The number of carbonyl (C=O) groups is 1. The second kappa shape index (κ2) is 9.46. The molecule has 7 heteroatoms. The van der Waals surface area contributed by atoms with Gasteiger partial charge < -0.3 is 15.0 Å². The fourth-order valence-corrected chi connectivity index (χ4v) is 5.77. The fourth-order valence-electron chi connectivity index (χ4n) is 2.51. The van der Waals surface area contributed by atoms with Crippen LogP contribution in [0.4, 0.5) is 4.79 Å². The first-order chi connectivity index (χ1) is 9.77. The van der Waals surface area contributed by atoms with Crippen LogP contribution < -0.4 is 5.32 Å². The fraction of sp³-hybridized carbons (Fsp3) is 0.923. The lowest BCUT2D eigenvalue weighted by Crippen LogP contribution is -2.50. The van der Waals surface area contributed by atoms with Crippen molar-refractivity contribution in [2.24, 2.45) is 0 Å². The molecule has 2 saturated heterocycles. The SMILES string of the molecule is O=C(S)N(CCCCCC1CCSS1)C1CNCCO1. The average molecular weight is 337 g/mol. The molecule has 2 aliphatic rings. The Morgan fingerprint density at radius 2 is 2.30 bits per heavy atom. The predicted octanol–water partition coefficient (Wildman–Crippen LogP) is 3.00. The number of hydrogen-bond acceptors (Lipinski definition) is 5. The zero-order valence-electron chi connectivity index (χ0n) is 11.8. The maximum atomic E-state index is 11.6. The number of carbonyl (C=O) groups excluding carboxylic acids is 1.